The minimum absolute atomic E-state index is 0.0257. The minimum atomic E-state index is -0.572. The number of nitrogens with one attached hydrogen (secondary N) is 1. The average molecular weight is 297 g/mol. The lowest BCUT2D eigenvalue weighted by Gasteiger charge is -2.15. The van der Waals surface area contributed by atoms with E-state index in [1.165, 1.54) is 4.68 Å². The van der Waals surface area contributed by atoms with Crippen LogP contribution in [0.1, 0.15) is 30.8 Å². The van der Waals surface area contributed by atoms with Gasteiger partial charge < -0.3 is 10.2 Å². The molecule has 118 valence electrons. The molecule has 0 saturated carbocycles. The Morgan fingerprint density at radius 3 is 2.57 bits per heavy atom. The number of hydrogen-bond donors (Lipinski definition) is 1. The molecule has 0 bridgehead atoms. The number of nitrogens with zero attached hydrogens (tertiary/aromatic N) is 4. The molecular formula is C13H23N5O3. The van der Waals surface area contributed by atoms with Crippen LogP contribution in [0.25, 0.3) is 0 Å². The number of nitro groups is 1. The molecule has 1 atom stereocenters. The maximum Gasteiger partial charge on any atom is 0.312 e. The van der Waals surface area contributed by atoms with Gasteiger partial charge in [-0.1, -0.05) is 0 Å². The summed E-state index contributed by atoms with van der Waals surface area (Å²) in [5.41, 5.74) is 0.695. The maximum atomic E-state index is 12.1. The Hall–Kier alpha value is -1.96. The number of carbonyl (C=O) groups excluding carboxylic acids is 1. The normalized spacial score (nSPS) is 12.5. The Morgan fingerprint density at radius 2 is 2.10 bits per heavy atom. The molecule has 1 amide bonds. The van der Waals surface area contributed by atoms with E-state index in [9.17, 15) is 14.9 Å². The van der Waals surface area contributed by atoms with Gasteiger partial charge in [-0.05, 0) is 47.8 Å². The number of aromatic nitrogens is 2. The van der Waals surface area contributed by atoms with Crippen LogP contribution in [-0.4, -0.2) is 52.7 Å². The Balaban J connectivity index is 2.71. The summed E-state index contributed by atoms with van der Waals surface area (Å²) in [6.45, 7) is 6.32. The molecule has 0 aliphatic carbocycles. The topological polar surface area (TPSA) is 93.3 Å². The van der Waals surface area contributed by atoms with Gasteiger partial charge in [-0.25, -0.2) is 0 Å². The quantitative estimate of drug-likeness (QED) is 0.461. The van der Waals surface area contributed by atoms with Gasteiger partial charge >= 0.3 is 5.69 Å². The van der Waals surface area contributed by atoms with Crippen molar-refractivity contribution in [2.75, 3.05) is 27.2 Å². The van der Waals surface area contributed by atoms with Crippen LogP contribution < -0.4 is 5.32 Å². The van der Waals surface area contributed by atoms with Crippen molar-refractivity contribution in [3.05, 3.63) is 21.5 Å². The molecule has 0 fully saturated rings. The van der Waals surface area contributed by atoms with Crippen LogP contribution in [0.15, 0.2) is 0 Å². The van der Waals surface area contributed by atoms with Gasteiger partial charge in [0.25, 0.3) is 0 Å². The van der Waals surface area contributed by atoms with Crippen LogP contribution in [0.4, 0.5) is 5.69 Å². The van der Waals surface area contributed by atoms with Gasteiger partial charge in [0.1, 0.15) is 17.4 Å². The monoisotopic (exact) mass is 297 g/mol. The lowest BCUT2D eigenvalue weighted by Crippen LogP contribution is -2.33. The fraction of sp³-hybridized carbons (Fsp3) is 0.692. The summed E-state index contributed by atoms with van der Waals surface area (Å²) in [7, 11) is 3.94. The molecule has 1 heterocycles. The Kier molecular flexibility index (Phi) is 5.83. The largest absolute Gasteiger partial charge is 0.354 e. The molecular weight excluding hydrogens is 274 g/mol. The standard InChI is InChI=1S/C13H23N5O3/c1-9-12(18(20)21)10(2)17(15-9)11(3)13(19)14-7-6-8-16(4)5/h11H,6-8H2,1-5H3,(H,14,19). The zero-order valence-electron chi connectivity index (χ0n) is 13.2. The Morgan fingerprint density at radius 1 is 1.48 bits per heavy atom. The zero-order valence-corrected chi connectivity index (χ0v) is 13.2. The van der Waals surface area contributed by atoms with Crippen molar-refractivity contribution in [2.45, 2.75) is 33.2 Å². The van der Waals surface area contributed by atoms with Crippen LogP contribution in [0.5, 0.6) is 0 Å². The van der Waals surface area contributed by atoms with E-state index in [2.05, 4.69) is 10.4 Å². The lowest BCUT2D eigenvalue weighted by atomic mass is 10.2. The van der Waals surface area contributed by atoms with Gasteiger partial charge in [-0.2, -0.15) is 5.10 Å². The van der Waals surface area contributed by atoms with Crippen LogP contribution in [0.2, 0.25) is 0 Å². The molecule has 0 saturated heterocycles. The van der Waals surface area contributed by atoms with Crippen LogP contribution >= 0.6 is 0 Å². The predicted octanol–water partition coefficient (Wildman–Crippen LogP) is 1.04. The number of carbonyl (C=O) groups is 1. The van der Waals surface area contributed by atoms with Crippen LogP contribution in [0, 0.1) is 24.0 Å². The van der Waals surface area contributed by atoms with Crippen molar-refractivity contribution in [1.29, 1.82) is 0 Å². The van der Waals surface area contributed by atoms with E-state index in [1.54, 1.807) is 20.8 Å². The summed E-state index contributed by atoms with van der Waals surface area (Å²) in [6.07, 6.45) is 0.850. The molecule has 1 aromatic heterocycles. The summed E-state index contributed by atoms with van der Waals surface area (Å²) in [4.78, 5) is 24.6. The second kappa shape index (κ2) is 7.16. The molecule has 0 radical (unpaired) electrons. The van der Waals surface area contributed by atoms with Crippen molar-refractivity contribution >= 4 is 11.6 Å². The summed E-state index contributed by atoms with van der Waals surface area (Å²) in [6, 6.07) is -0.572. The van der Waals surface area contributed by atoms with E-state index in [4.69, 9.17) is 0 Å². The van der Waals surface area contributed by atoms with E-state index < -0.39 is 11.0 Å². The first kappa shape index (κ1) is 17.1. The summed E-state index contributed by atoms with van der Waals surface area (Å²) >= 11 is 0. The van der Waals surface area contributed by atoms with Crippen molar-refractivity contribution in [1.82, 2.24) is 20.0 Å². The summed E-state index contributed by atoms with van der Waals surface area (Å²) in [5.74, 6) is -0.186. The molecule has 1 N–H and O–H groups in total. The predicted molar refractivity (Wildman–Crippen MR) is 79.2 cm³/mol. The van der Waals surface area contributed by atoms with E-state index in [-0.39, 0.29) is 11.6 Å². The molecule has 1 unspecified atom stereocenters. The third kappa shape index (κ3) is 4.25. The second-order valence-corrected chi connectivity index (χ2v) is 5.34. The third-order valence-electron chi connectivity index (χ3n) is 3.30. The molecule has 0 aliphatic rings. The van der Waals surface area contributed by atoms with E-state index in [1.807, 2.05) is 19.0 Å². The van der Waals surface area contributed by atoms with Crippen LogP contribution in [-0.2, 0) is 4.79 Å². The summed E-state index contributed by atoms with van der Waals surface area (Å²) in [5, 5.41) is 17.9. The molecule has 21 heavy (non-hydrogen) atoms. The number of aryl methyl sites for hydroxylation is 1. The van der Waals surface area contributed by atoms with E-state index >= 15 is 0 Å². The van der Waals surface area contributed by atoms with Crippen molar-refractivity contribution in [2.24, 2.45) is 0 Å². The number of hydrogen-bond acceptors (Lipinski definition) is 5. The maximum absolute atomic E-state index is 12.1. The van der Waals surface area contributed by atoms with Crippen molar-refractivity contribution < 1.29 is 9.72 Å². The van der Waals surface area contributed by atoms with E-state index in [0.717, 1.165) is 13.0 Å². The van der Waals surface area contributed by atoms with Gasteiger partial charge in [0.05, 0.1) is 4.92 Å². The number of amides is 1. The lowest BCUT2D eigenvalue weighted by molar-refractivity contribution is -0.386. The SMILES string of the molecule is Cc1nn(C(C)C(=O)NCCCN(C)C)c(C)c1[N+](=O)[O-]. The fourth-order valence-electron chi connectivity index (χ4n) is 2.16. The first-order chi connectivity index (χ1) is 9.75. The minimum Gasteiger partial charge on any atom is -0.354 e. The Bertz CT molecular complexity index is 524. The van der Waals surface area contributed by atoms with Gasteiger partial charge in [0.15, 0.2) is 0 Å². The molecule has 0 aliphatic heterocycles. The molecule has 1 rings (SSSR count). The average Bonchev–Trinajstić information content (AvgIpc) is 2.68. The summed E-state index contributed by atoms with van der Waals surface area (Å²) < 4.78 is 1.41. The third-order valence-corrected chi connectivity index (χ3v) is 3.30. The van der Waals surface area contributed by atoms with Crippen molar-refractivity contribution in [3.8, 4) is 0 Å². The highest BCUT2D eigenvalue weighted by Gasteiger charge is 2.26. The molecule has 1 aromatic rings. The molecule has 8 nitrogen and oxygen atoms in total. The fourth-order valence-corrected chi connectivity index (χ4v) is 2.16. The molecule has 8 heteroatoms. The van der Waals surface area contributed by atoms with Crippen LogP contribution in [0.3, 0.4) is 0 Å². The smallest absolute Gasteiger partial charge is 0.312 e. The Labute approximate surface area is 124 Å². The number of rotatable bonds is 7. The van der Waals surface area contributed by atoms with Gasteiger partial charge in [0, 0.05) is 6.54 Å². The first-order valence-electron chi connectivity index (χ1n) is 6.88. The molecule has 0 aromatic carbocycles. The van der Waals surface area contributed by atoms with Gasteiger partial charge in [0.2, 0.25) is 5.91 Å². The highest BCUT2D eigenvalue weighted by atomic mass is 16.6. The highest BCUT2D eigenvalue weighted by molar-refractivity contribution is 5.80. The van der Waals surface area contributed by atoms with E-state index in [0.29, 0.717) is 17.9 Å². The van der Waals surface area contributed by atoms with Gasteiger partial charge in [-0.3, -0.25) is 19.6 Å². The second-order valence-electron chi connectivity index (χ2n) is 5.34. The van der Waals surface area contributed by atoms with Crippen molar-refractivity contribution in [3.63, 3.8) is 0 Å². The first-order valence-corrected chi connectivity index (χ1v) is 6.88. The zero-order chi connectivity index (χ0) is 16.2. The van der Waals surface area contributed by atoms with Gasteiger partial charge in [-0.15, -0.1) is 0 Å². The molecule has 0 spiro atoms. The highest BCUT2D eigenvalue weighted by Crippen LogP contribution is 2.24.